The highest BCUT2D eigenvalue weighted by Crippen LogP contribution is 2.13. The number of carbonyl (C=O) groups is 1. The lowest BCUT2D eigenvalue weighted by Gasteiger charge is -2.05. The van der Waals surface area contributed by atoms with Crippen molar-refractivity contribution in [2.45, 2.75) is 13.8 Å². The molecular formula is C16H14O2. The molecule has 0 heterocycles. The molecule has 0 atom stereocenters. The van der Waals surface area contributed by atoms with E-state index in [2.05, 4.69) is 5.73 Å². The summed E-state index contributed by atoms with van der Waals surface area (Å²) in [5, 5.41) is 0. The molecule has 0 radical (unpaired) electrons. The van der Waals surface area contributed by atoms with E-state index in [1.54, 1.807) is 18.2 Å². The molecule has 0 aliphatic heterocycles. The summed E-state index contributed by atoms with van der Waals surface area (Å²) in [7, 11) is 0. The Bertz CT molecular complexity index is 597. The van der Waals surface area contributed by atoms with Crippen LogP contribution in [0.25, 0.3) is 0 Å². The number of aryl methyl sites for hydroxylation is 1. The highest BCUT2D eigenvalue weighted by atomic mass is 16.5. The third-order valence-electron chi connectivity index (χ3n) is 2.49. The molecule has 2 heteroatoms. The minimum absolute atomic E-state index is 0.343. The van der Waals surface area contributed by atoms with E-state index in [0.29, 0.717) is 11.3 Å². The number of ether oxygens (including phenoxy) is 1. The standard InChI is InChI=1S/C16H14O2/c1-12-7-5-8-14(10-12)16(17)18-15-9-4-3-6-13(2)11-15/h4-11H,1-2H3. The summed E-state index contributed by atoms with van der Waals surface area (Å²) in [5.74, 6) is 0.185. The number of hydrogen-bond acceptors (Lipinski definition) is 2. The van der Waals surface area contributed by atoms with Gasteiger partial charge in [0.05, 0.1) is 5.56 Å². The van der Waals surface area contributed by atoms with E-state index in [0.717, 1.165) is 11.1 Å². The Labute approximate surface area is 107 Å². The molecule has 0 fully saturated rings. The summed E-state index contributed by atoms with van der Waals surface area (Å²) in [5.41, 5.74) is 5.55. The lowest BCUT2D eigenvalue weighted by Crippen LogP contribution is -2.04. The number of hydrogen-bond donors (Lipinski definition) is 0. The third-order valence-corrected chi connectivity index (χ3v) is 2.49. The van der Waals surface area contributed by atoms with Crippen LogP contribution < -0.4 is 0 Å². The zero-order chi connectivity index (χ0) is 13.0. The average Bonchev–Trinajstić information content (AvgIpc) is 2.53. The lowest BCUT2D eigenvalue weighted by molar-refractivity contribution is 0.0637. The van der Waals surface area contributed by atoms with E-state index >= 15 is 0 Å². The second-order valence-electron chi connectivity index (χ2n) is 4.19. The van der Waals surface area contributed by atoms with Crippen LogP contribution in [-0.2, 0) is 4.74 Å². The van der Waals surface area contributed by atoms with Crippen LogP contribution in [0.2, 0.25) is 0 Å². The lowest BCUT2D eigenvalue weighted by atomic mass is 10.1. The van der Waals surface area contributed by atoms with Gasteiger partial charge >= 0.3 is 5.97 Å². The predicted molar refractivity (Wildman–Crippen MR) is 71.1 cm³/mol. The van der Waals surface area contributed by atoms with Crippen molar-refractivity contribution in [1.82, 2.24) is 0 Å². The predicted octanol–water partition coefficient (Wildman–Crippen LogP) is 3.71. The van der Waals surface area contributed by atoms with Gasteiger partial charge in [-0.05, 0) is 55.9 Å². The van der Waals surface area contributed by atoms with Crippen LogP contribution >= 0.6 is 0 Å². The molecule has 2 nitrogen and oxygen atoms in total. The van der Waals surface area contributed by atoms with Gasteiger partial charge in [-0.2, -0.15) is 0 Å². The maximum absolute atomic E-state index is 11.9. The van der Waals surface area contributed by atoms with Gasteiger partial charge in [-0.15, -0.1) is 5.73 Å². The van der Waals surface area contributed by atoms with Gasteiger partial charge in [-0.1, -0.05) is 17.7 Å². The minimum Gasteiger partial charge on any atom is -0.423 e. The number of rotatable bonds is 2. The van der Waals surface area contributed by atoms with Gasteiger partial charge in [0.15, 0.2) is 0 Å². The fraction of sp³-hybridized carbons (Fsp3) is 0.125. The first-order valence-corrected chi connectivity index (χ1v) is 5.75. The Morgan fingerprint density at radius 2 is 2.11 bits per heavy atom. The molecule has 0 amide bonds. The fourth-order valence-electron chi connectivity index (χ4n) is 1.63. The Hall–Kier alpha value is -2.31. The van der Waals surface area contributed by atoms with Crippen molar-refractivity contribution >= 4 is 5.97 Å². The zero-order valence-corrected chi connectivity index (χ0v) is 10.4. The zero-order valence-electron chi connectivity index (χ0n) is 10.4. The molecular weight excluding hydrogens is 224 g/mol. The van der Waals surface area contributed by atoms with Gasteiger partial charge < -0.3 is 4.74 Å². The van der Waals surface area contributed by atoms with Gasteiger partial charge in [0.25, 0.3) is 0 Å². The van der Waals surface area contributed by atoms with Crippen molar-refractivity contribution in [2.24, 2.45) is 0 Å². The summed E-state index contributed by atoms with van der Waals surface area (Å²) in [4.78, 5) is 11.9. The van der Waals surface area contributed by atoms with Crippen molar-refractivity contribution in [1.29, 1.82) is 0 Å². The Kier molecular flexibility index (Phi) is 3.61. The first kappa shape index (κ1) is 12.2. The molecule has 90 valence electrons. The maximum atomic E-state index is 11.9. The number of allylic oxidation sites excluding steroid dienone is 4. The highest BCUT2D eigenvalue weighted by Gasteiger charge is 2.09. The van der Waals surface area contributed by atoms with Gasteiger partial charge in [0.2, 0.25) is 0 Å². The van der Waals surface area contributed by atoms with E-state index in [9.17, 15) is 4.79 Å². The summed E-state index contributed by atoms with van der Waals surface area (Å²) < 4.78 is 5.34. The summed E-state index contributed by atoms with van der Waals surface area (Å²) >= 11 is 0. The van der Waals surface area contributed by atoms with Gasteiger partial charge in [0, 0.05) is 0 Å². The molecule has 0 saturated heterocycles. The SMILES string of the molecule is CC1=CC(OC(=O)c2cccc(C)c2)=CC=C=C1. The largest absolute Gasteiger partial charge is 0.423 e. The average molecular weight is 238 g/mol. The molecule has 1 aliphatic carbocycles. The first-order valence-electron chi connectivity index (χ1n) is 5.75. The Balaban J connectivity index is 2.16. The molecule has 1 aromatic carbocycles. The first-order chi connectivity index (χ1) is 8.65. The third kappa shape index (κ3) is 3.09. The van der Waals surface area contributed by atoms with Gasteiger partial charge in [-0.25, -0.2) is 4.79 Å². The van der Waals surface area contributed by atoms with E-state index in [1.807, 2.05) is 44.2 Å². The molecule has 1 aliphatic rings. The van der Waals surface area contributed by atoms with E-state index < -0.39 is 0 Å². The highest BCUT2D eigenvalue weighted by molar-refractivity contribution is 5.90. The molecule has 0 spiro atoms. The summed E-state index contributed by atoms with van der Waals surface area (Å²) in [6, 6.07) is 7.34. The molecule has 2 rings (SSSR count). The van der Waals surface area contributed by atoms with Crippen molar-refractivity contribution in [2.75, 3.05) is 0 Å². The minimum atomic E-state index is -0.343. The molecule has 0 unspecified atom stereocenters. The van der Waals surface area contributed by atoms with Gasteiger partial charge in [0.1, 0.15) is 5.76 Å². The van der Waals surface area contributed by atoms with Crippen LogP contribution in [0.4, 0.5) is 0 Å². The molecule has 0 N–H and O–H groups in total. The fourth-order valence-corrected chi connectivity index (χ4v) is 1.63. The Morgan fingerprint density at radius 3 is 2.89 bits per heavy atom. The number of carbonyl (C=O) groups excluding carboxylic acids is 1. The number of esters is 1. The van der Waals surface area contributed by atoms with Crippen molar-refractivity contribution in [3.63, 3.8) is 0 Å². The molecule has 0 aromatic heterocycles. The van der Waals surface area contributed by atoms with Crippen LogP contribution in [0.3, 0.4) is 0 Å². The van der Waals surface area contributed by atoms with Crippen molar-refractivity contribution in [3.8, 4) is 0 Å². The molecule has 18 heavy (non-hydrogen) atoms. The van der Waals surface area contributed by atoms with Crippen LogP contribution in [0.1, 0.15) is 22.8 Å². The second kappa shape index (κ2) is 5.35. The topological polar surface area (TPSA) is 26.3 Å². The summed E-state index contributed by atoms with van der Waals surface area (Å²) in [6.07, 6.45) is 7.10. The maximum Gasteiger partial charge on any atom is 0.343 e. The molecule has 1 aromatic rings. The molecule has 0 saturated carbocycles. The quantitative estimate of drug-likeness (QED) is 0.580. The van der Waals surface area contributed by atoms with E-state index in [1.165, 1.54) is 0 Å². The second-order valence-corrected chi connectivity index (χ2v) is 4.19. The van der Waals surface area contributed by atoms with Crippen molar-refractivity contribution in [3.05, 3.63) is 76.8 Å². The summed E-state index contributed by atoms with van der Waals surface area (Å²) in [6.45, 7) is 3.87. The normalized spacial score (nSPS) is 13.7. The molecule has 0 bridgehead atoms. The van der Waals surface area contributed by atoms with Crippen LogP contribution in [-0.4, -0.2) is 5.97 Å². The number of benzene rings is 1. The van der Waals surface area contributed by atoms with E-state index in [-0.39, 0.29) is 5.97 Å². The van der Waals surface area contributed by atoms with E-state index in [4.69, 9.17) is 4.74 Å². The smallest absolute Gasteiger partial charge is 0.343 e. The monoisotopic (exact) mass is 238 g/mol. The van der Waals surface area contributed by atoms with Crippen LogP contribution in [0.15, 0.2) is 65.6 Å². The van der Waals surface area contributed by atoms with Crippen LogP contribution in [0.5, 0.6) is 0 Å². The van der Waals surface area contributed by atoms with Crippen molar-refractivity contribution < 1.29 is 9.53 Å². The Morgan fingerprint density at radius 1 is 1.28 bits per heavy atom. The van der Waals surface area contributed by atoms with Gasteiger partial charge in [-0.3, -0.25) is 0 Å². The van der Waals surface area contributed by atoms with Crippen LogP contribution in [0, 0.1) is 6.92 Å².